The van der Waals surface area contributed by atoms with Gasteiger partial charge in [0, 0.05) is 6.54 Å². The molecular weight excluding hydrogens is 186 g/mol. The molecule has 0 radical (unpaired) electrons. The summed E-state index contributed by atoms with van der Waals surface area (Å²) in [4.78, 5) is 0. The molecule has 0 fully saturated rings. The van der Waals surface area contributed by atoms with Gasteiger partial charge >= 0.3 is 0 Å². The van der Waals surface area contributed by atoms with Gasteiger partial charge in [-0.15, -0.1) is 12.4 Å². The summed E-state index contributed by atoms with van der Waals surface area (Å²) in [6.07, 6.45) is 2.39. The third-order valence-electron chi connectivity index (χ3n) is 2.26. The van der Waals surface area contributed by atoms with Crippen LogP contribution in [-0.2, 0) is 6.42 Å². The van der Waals surface area contributed by atoms with Gasteiger partial charge in [0.2, 0.25) is 0 Å². The van der Waals surface area contributed by atoms with Gasteiger partial charge in [0.15, 0.2) is 0 Å². The molecule has 0 saturated heterocycles. The van der Waals surface area contributed by atoms with Gasteiger partial charge in [0.1, 0.15) is 5.75 Å². The standard InChI is InChI=1S/C10H13NO.ClH/c1-12-9-6-2-4-8-5-3-7-11-10(8)9;/h2,4,6,11H,3,5,7H2,1H3;1H. The average molecular weight is 200 g/mol. The summed E-state index contributed by atoms with van der Waals surface area (Å²) < 4.78 is 5.25. The van der Waals surface area contributed by atoms with E-state index in [1.54, 1.807) is 7.11 Å². The molecule has 2 nitrogen and oxygen atoms in total. The molecule has 0 unspecified atom stereocenters. The number of rotatable bonds is 1. The highest BCUT2D eigenvalue weighted by molar-refractivity contribution is 5.85. The number of benzene rings is 1. The lowest BCUT2D eigenvalue weighted by atomic mass is 10.0. The van der Waals surface area contributed by atoms with Crippen molar-refractivity contribution in [3.05, 3.63) is 23.8 Å². The maximum absolute atomic E-state index is 5.25. The van der Waals surface area contributed by atoms with Gasteiger partial charge in [-0.05, 0) is 24.5 Å². The molecule has 1 aliphatic heterocycles. The van der Waals surface area contributed by atoms with E-state index >= 15 is 0 Å². The lowest BCUT2D eigenvalue weighted by Gasteiger charge is -2.19. The molecular formula is C10H14ClNO. The second-order valence-corrected chi connectivity index (χ2v) is 3.02. The molecule has 1 heterocycles. The number of aryl methyl sites for hydroxylation is 1. The highest BCUT2D eigenvalue weighted by Gasteiger charge is 2.11. The van der Waals surface area contributed by atoms with Gasteiger partial charge in [-0.1, -0.05) is 12.1 Å². The average Bonchev–Trinajstić information content (AvgIpc) is 2.17. The molecule has 1 aromatic carbocycles. The lowest BCUT2D eigenvalue weighted by Crippen LogP contribution is -2.12. The number of halogens is 1. The minimum absolute atomic E-state index is 0. The summed E-state index contributed by atoms with van der Waals surface area (Å²) in [6, 6.07) is 6.20. The molecule has 0 amide bonds. The summed E-state index contributed by atoms with van der Waals surface area (Å²) in [5.41, 5.74) is 2.56. The quantitative estimate of drug-likeness (QED) is 0.751. The van der Waals surface area contributed by atoms with E-state index in [2.05, 4.69) is 11.4 Å². The Kier molecular flexibility index (Phi) is 3.43. The Morgan fingerprint density at radius 3 is 3.00 bits per heavy atom. The van der Waals surface area contributed by atoms with Crippen LogP contribution in [0.5, 0.6) is 5.75 Å². The van der Waals surface area contributed by atoms with E-state index < -0.39 is 0 Å². The summed E-state index contributed by atoms with van der Waals surface area (Å²) >= 11 is 0. The van der Waals surface area contributed by atoms with Gasteiger partial charge in [0.25, 0.3) is 0 Å². The Morgan fingerprint density at radius 1 is 1.38 bits per heavy atom. The topological polar surface area (TPSA) is 21.3 Å². The first kappa shape index (κ1) is 10.2. The van der Waals surface area contributed by atoms with Crippen molar-refractivity contribution in [1.29, 1.82) is 0 Å². The molecule has 1 aromatic rings. The van der Waals surface area contributed by atoms with Crippen molar-refractivity contribution >= 4 is 18.1 Å². The van der Waals surface area contributed by atoms with Crippen LogP contribution >= 0.6 is 12.4 Å². The first-order valence-electron chi connectivity index (χ1n) is 4.31. The molecule has 13 heavy (non-hydrogen) atoms. The smallest absolute Gasteiger partial charge is 0.142 e. The van der Waals surface area contributed by atoms with Gasteiger partial charge < -0.3 is 10.1 Å². The minimum atomic E-state index is 0. The van der Waals surface area contributed by atoms with Crippen LogP contribution in [0.3, 0.4) is 0 Å². The normalized spacial score (nSPS) is 13.6. The molecule has 0 aliphatic carbocycles. The number of methoxy groups -OCH3 is 1. The van der Waals surface area contributed by atoms with E-state index in [0.29, 0.717) is 0 Å². The number of fused-ring (bicyclic) bond motifs is 1. The second-order valence-electron chi connectivity index (χ2n) is 3.02. The van der Waals surface area contributed by atoms with E-state index in [1.165, 1.54) is 24.1 Å². The van der Waals surface area contributed by atoms with E-state index in [9.17, 15) is 0 Å². The summed E-state index contributed by atoms with van der Waals surface area (Å²) in [6.45, 7) is 1.06. The van der Waals surface area contributed by atoms with E-state index in [0.717, 1.165) is 12.3 Å². The Balaban J connectivity index is 0.000000845. The van der Waals surface area contributed by atoms with Crippen molar-refractivity contribution < 1.29 is 4.74 Å². The highest BCUT2D eigenvalue weighted by Crippen LogP contribution is 2.31. The molecule has 0 bridgehead atoms. The van der Waals surface area contributed by atoms with Gasteiger partial charge in [0.05, 0.1) is 12.8 Å². The van der Waals surface area contributed by atoms with Crippen LogP contribution in [0.15, 0.2) is 18.2 Å². The number of para-hydroxylation sites is 1. The van der Waals surface area contributed by atoms with Crippen LogP contribution in [0.25, 0.3) is 0 Å². The van der Waals surface area contributed by atoms with Crippen LogP contribution in [-0.4, -0.2) is 13.7 Å². The molecule has 2 rings (SSSR count). The predicted molar refractivity (Wildman–Crippen MR) is 57.1 cm³/mol. The Bertz CT molecular complexity index is 274. The summed E-state index contributed by atoms with van der Waals surface area (Å²) in [5, 5.41) is 3.36. The number of hydrogen-bond donors (Lipinski definition) is 1. The van der Waals surface area contributed by atoms with E-state index in [4.69, 9.17) is 4.74 Å². The van der Waals surface area contributed by atoms with Crippen LogP contribution in [0.4, 0.5) is 5.69 Å². The highest BCUT2D eigenvalue weighted by atomic mass is 35.5. The van der Waals surface area contributed by atoms with Crippen LogP contribution in [0, 0.1) is 0 Å². The fourth-order valence-corrected chi connectivity index (χ4v) is 1.65. The van der Waals surface area contributed by atoms with Crippen LogP contribution < -0.4 is 10.1 Å². The van der Waals surface area contributed by atoms with Crippen molar-refractivity contribution in [1.82, 2.24) is 0 Å². The van der Waals surface area contributed by atoms with Gasteiger partial charge in [-0.2, -0.15) is 0 Å². The first-order valence-corrected chi connectivity index (χ1v) is 4.31. The Hall–Kier alpha value is -0.890. The Labute approximate surface area is 84.7 Å². The van der Waals surface area contributed by atoms with E-state index in [-0.39, 0.29) is 12.4 Å². The monoisotopic (exact) mass is 199 g/mol. The van der Waals surface area contributed by atoms with Gasteiger partial charge in [-0.25, -0.2) is 0 Å². The maximum Gasteiger partial charge on any atom is 0.142 e. The van der Waals surface area contributed by atoms with Crippen molar-refractivity contribution in [2.75, 3.05) is 19.0 Å². The number of hydrogen-bond acceptors (Lipinski definition) is 2. The zero-order valence-corrected chi connectivity index (χ0v) is 8.49. The number of anilines is 1. The first-order chi connectivity index (χ1) is 5.92. The Morgan fingerprint density at radius 2 is 2.23 bits per heavy atom. The zero-order valence-electron chi connectivity index (χ0n) is 7.67. The van der Waals surface area contributed by atoms with Crippen molar-refractivity contribution in [3.63, 3.8) is 0 Å². The fraction of sp³-hybridized carbons (Fsp3) is 0.400. The van der Waals surface area contributed by atoms with Crippen molar-refractivity contribution in [2.24, 2.45) is 0 Å². The lowest BCUT2D eigenvalue weighted by molar-refractivity contribution is 0.415. The molecule has 0 aromatic heterocycles. The molecule has 3 heteroatoms. The second kappa shape index (κ2) is 4.38. The summed E-state index contributed by atoms with van der Waals surface area (Å²) in [7, 11) is 1.71. The zero-order chi connectivity index (χ0) is 8.39. The maximum atomic E-state index is 5.25. The third-order valence-corrected chi connectivity index (χ3v) is 2.26. The molecule has 72 valence electrons. The SMILES string of the molecule is COc1cccc2c1NCCC2.Cl. The molecule has 0 spiro atoms. The molecule has 1 N–H and O–H groups in total. The van der Waals surface area contributed by atoms with Crippen molar-refractivity contribution in [3.8, 4) is 5.75 Å². The number of nitrogens with one attached hydrogen (secondary N) is 1. The van der Waals surface area contributed by atoms with Gasteiger partial charge in [-0.3, -0.25) is 0 Å². The fourth-order valence-electron chi connectivity index (χ4n) is 1.65. The van der Waals surface area contributed by atoms with Crippen molar-refractivity contribution in [2.45, 2.75) is 12.8 Å². The minimum Gasteiger partial charge on any atom is -0.495 e. The van der Waals surface area contributed by atoms with E-state index in [1.807, 2.05) is 12.1 Å². The van der Waals surface area contributed by atoms with Crippen LogP contribution in [0.1, 0.15) is 12.0 Å². The van der Waals surface area contributed by atoms with Crippen LogP contribution in [0.2, 0.25) is 0 Å². The predicted octanol–water partition coefficient (Wildman–Crippen LogP) is 2.48. The molecule has 1 aliphatic rings. The number of ether oxygens (including phenoxy) is 1. The molecule has 0 atom stereocenters. The molecule has 0 saturated carbocycles. The largest absolute Gasteiger partial charge is 0.495 e. The summed E-state index contributed by atoms with van der Waals surface area (Å²) in [5.74, 6) is 0.965. The third kappa shape index (κ3) is 1.89.